The molecule has 1 aliphatic rings. The molecule has 0 aliphatic carbocycles. The molecule has 148 valence electrons. The Kier molecular flexibility index (Phi) is 5.79. The number of rotatable bonds is 5. The Morgan fingerprint density at radius 3 is 2.79 bits per heavy atom. The predicted octanol–water partition coefficient (Wildman–Crippen LogP) is 3.50. The molecule has 6 heteroatoms. The monoisotopic (exact) mass is 388 g/mol. The van der Waals surface area contributed by atoms with Gasteiger partial charge in [-0.3, -0.25) is 19.7 Å². The molecule has 2 aromatic heterocycles. The van der Waals surface area contributed by atoms with Gasteiger partial charge in [0.2, 0.25) is 5.91 Å². The Morgan fingerprint density at radius 2 is 1.97 bits per heavy atom. The number of nitrogens with zero attached hydrogens (tertiary/aromatic N) is 4. The van der Waals surface area contributed by atoms with Crippen molar-refractivity contribution < 1.29 is 9.53 Å². The predicted molar refractivity (Wildman–Crippen MR) is 111 cm³/mol. The lowest BCUT2D eigenvalue weighted by Crippen LogP contribution is -2.40. The largest absolute Gasteiger partial charge is 0.497 e. The summed E-state index contributed by atoms with van der Waals surface area (Å²) in [7, 11) is 1.66. The molecule has 0 spiro atoms. The average molecular weight is 388 g/mol. The van der Waals surface area contributed by atoms with Crippen molar-refractivity contribution in [3.8, 4) is 17.0 Å². The highest BCUT2D eigenvalue weighted by atomic mass is 16.5. The van der Waals surface area contributed by atoms with Gasteiger partial charge in [-0.2, -0.15) is 0 Å². The summed E-state index contributed by atoms with van der Waals surface area (Å²) in [6.07, 6.45) is 9.25. The van der Waals surface area contributed by atoms with E-state index in [1.165, 1.54) is 0 Å². The molecule has 0 radical (unpaired) electrons. The molecule has 3 heterocycles. The van der Waals surface area contributed by atoms with Gasteiger partial charge < -0.3 is 9.64 Å². The van der Waals surface area contributed by atoms with Crippen LogP contribution in [0.3, 0.4) is 0 Å². The number of hydrogen-bond acceptors (Lipinski definition) is 5. The molecule has 1 aromatic carbocycles. The smallest absolute Gasteiger partial charge is 0.227 e. The van der Waals surface area contributed by atoms with E-state index >= 15 is 0 Å². The molecule has 0 N–H and O–H groups in total. The van der Waals surface area contributed by atoms with Gasteiger partial charge in [0.1, 0.15) is 5.75 Å². The maximum Gasteiger partial charge on any atom is 0.227 e. The SMILES string of the molecule is COc1cccc(-c2nccnc2[C@H]2CCCN(C(=O)Cc3ccncc3)C2)c1. The second-order valence-electron chi connectivity index (χ2n) is 7.23. The summed E-state index contributed by atoms with van der Waals surface area (Å²) in [6, 6.07) is 11.7. The minimum atomic E-state index is 0.146. The third kappa shape index (κ3) is 4.42. The highest BCUT2D eigenvalue weighted by Crippen LogP contribution is 2.33. The van der Waals surface area contributed by atoms with Crippen molar-refractivity contribution in [1.82, 2.24) is 19.9 Å². The van der Waals surface area contributed by atoms with E-state index in [0.29, 0.717) is 13.0 Å². The molecule has 4 rings (SSSR count). The van der Waals surface area contributed by atoms with Gasteiger partial charge in [0, 0.05) is 49.4 Å². The van der Waals surface area contributed by atoms with Crippen molar-refractivity contribution in [2.75, 3.05) is 20.2 Å². The van der Waals surface area contributed by atoms with Crippen molar-refractivity contribution in [2.45, 2.75) is 25.2 Å². The van der Waals surface area contributed by atoms with Gasteiger partial charge in [-0.1, -0.05) is 12.1 Å². The minimum Gasteiger partial charge on any atom is -0.497 e. The number of benzene rings is 1. The highest BCUT2D eigenvalue weighted by Gasteiger charge is 2.28. The summed E-state index contributed by atoms with van der Waals surface area (Å²) in [5.74, 6) is 1.10. The molecular formula is C23H24N4O2. The fourth-order valence-electron chi connectivity index (χ4n) is 3.85. The van der Waals surface area contributed by atoms with E-state index < -0.39 is 0 Å². The molecule has 0 saturated carbocycles. The Labute approximate surface area is 170 Å². The van der Waals surface area contributed by atoms with E-state index in [1.807, 2.05) is 41.3 Å². The minimum absolute atomic E-state index is 0.146. The van der Waals surface area contributed by atoms with Crippen LogP contribution in [0.5, 0.6) is 5.75 Å². The molecule has 3 aromatic rings. The van der Waals surface area contributed by atoms with Crippen LogP contribution in [0.4, 0.5) is 0 Å². The van der Waals surface area contributed by atoms with Gasteiger partial charge in [-0.25, -0.2) is 0 Å². The van der Waals surface area contributed by atoms with Crippen LogP contribution in [-0.4, -0.2) is 46.0 Å². The number of pyridine rings is 1. The van der Waals surface area contributed by atoms with Gasteiger partial charge in [-0.15, -0.1) is 0 Å². The maximum absolute atomic E-state index is 12.8. The second kappa shape index (κ2) is 8.82. The molecule has 0 bridgehead atoms. The van der Waals surface area contributed by atoms with E-state index in [1.54, 1.807) is 31.9 Å². The van der Waals surface area contributed by atoms with Crippen LogP contribution in [0.25, 0.3) is 11.3 Å². The van der Waals surface area contributed by atoms with Crippen LogP contribution < -0.4 is 4.74 Å². The van der Waals surface area contributed by atoms with E-state index in [4.69, 9.17) is 4.74 Å². The second-order valence-corrected chi connectivity index (χ2v) is 7.23. The zero-order valence-electron chi connectivity index (χ0n) is 16.5. The first-order chi connectivity index (χ1) is 14.2. The van der Waals surface area contributed by atoms with Gasteiger partial charge >= 0.3 is 0 Å². The summed E-state index contributed by atoms with van der Waals surface area (Å²) in [5.41, 5.74) is 3.78. The van der Waals surface area contributed by atoms with Crippen LogP contribution in [-0.2, 0) is 11.2 Å². The first kappa shape index (κ1) is 19.1. The first-order valence-electron chi connectivity index (χ1n) is 9.86. The lowest BCUT2D eigenvalue weighted by molar-refractivity contribution is -0.131. The van der Waals surface area contributed by atoms with Crippen LogP contribution in [0, 0.1) is 0 Å². The topological polar surface area (TPSA) is 68.2 Å². The molecule has 0 unspecified atom stereocenters. The Morgan fingerprint density at radius 1 is 1.14 bits per heavy atom. The highest BCUT2D eigenvalue weighted by molar-refractivity contribution is 5.79. The van der Waals surface area contributed by atoms with Crippen molar-refractivity contribution in [3.05, 3.63) is 72.4 Å². The summed E-state index contributed by atoms with van der Waals surface area (Å²) in [4.78, 5) is 28.1. The zero-order chi connectivity index (χ0) is 20.1. The molecule has 29 heavy (non-hydrogen) atoms. The number of carbonyl (C=O) groups excluding carboxylic acids is 1. The maximum atomic E-state index is 12.8. The number of piperidine rings is 1. The average Bonchev–Trinajstić information content (AvgIpc) is 2.80. The molecule has 6 nitrogen and oxygen atoms in total. The Bertz CT molecular complexity index is 977. The van der Waals surface area contributed by atoms with Gasteiger partial charge in [0.25, 0.3) is 0 Å². The van der Waals surface area contributed by atoms with Gasteiger partial charge in [-0.05, 0) is 42.7 Å². The normalized spacial score (nSPS) is 16.4. The van der Waals surface area contributed by atoms with Crippen LogP contribution in [0.15, 0.2) is 61.2 Å². The molecule has 1 atom stereocenters. The third-order valence-electron chi connectivity index (χ3n) is 5.34. The van der Waals surface area contributed by atoms with E-state index in [9.17, 15) is 4.79 Å². The number of aromatic nitrogens is 3. The summed E-state index contributed by atoms with van der Waals surface area (Å²) < 4.78 is 5.36. The van der Waals surface area contributed by atoms with Crippen LogP contribution in [0.1, 0.15) is 30.0 Å². The standard InChI is InChI=1S/C23H24N4O2/c1-29-20-6-2-4-18(15-20)22-23(26-12-11-25-22)19-5-3-13-27(16-19)21(28)14-17-7-9-24-10-8-17/h2,4,6-12,15,19H,3,5,13-14,16H2,1H3/t19-/m0/s1. The van der Waals surface area contributed by atoms with E-state index in [0.717, 1.165) is 47.7 Å². The molecule has 1 fully saturated rings. The third-order valence-corrected chi connectivity index (χ3v) is 5.34. The zero-order valence-corrected chi connectivity index (χ0v) is 16.5. The van der Waals surface area contributed by atoms with Crippen molar-refractivity contribution in [1.29, 1.82) is 0 Å². The Hall–Kier alpha value is -3.28. The van der Waals surface area contributed by atoms with Crippen molar-refractivity contribution >= 4 is 5.91 Å². The lowest BCUT2D eigenvalue weighted by Gasteiger charge is -2.33. The van der Waals surface area contributed by atoms with Crippen molar-refractivity contribution in [3.63, 3.8) is 0 Å². The summed E-state index contributed by atoms with van der Waals surface area (Å²) in [6.45, 7) is 1.45. The lowest BCUT2D eigenvalue weighted by atomic mass is 9.91. The molecule has 1 saturated heterocycles. The van der Waals surface area contributed by atoms with Crippen LogP contribution in [0.2, 0.25) is 0 Å². The number of carbonyl (C=O) groups is 1. The van der Waals surface area contributed by atoms with Gasteiger partial charge in [0.15, 0.2) is 0 Å². The first-order valence-corrected chi connectivity index (χ1v) is 9.86. The quantitative estimate of drug-likeness (QED) is 0.669. The fourth-order valence-corrected chi connectivity index (χ4v) is 3.85. The van der Waals surface area contributed by atoms with Crippen molar-refractivity contribution in [2.24, 2.45) is 0 Å². The van der Waals surface area contributed by atoms with Crippen LogP contribution >= 0.6 is 0 Å². The van der Waals surface area contributed by atoms with E-state index in [2.05, 4.69) is 15.0 Å². The summed E-state index contributed by atoms with van der Waals surface area (Å²) >= 11 is 0. The number of likely N-dealkylation sites (tertiary alicyclic amines) is 1. The molecule has 1 aliphatic heterocycles. The molecule has 1 amide bonds. The van der Waals surface area contributed by atoms with E-state index in [-0.39, 0.29) is 11.8 Å². The number of methoxy groups -OCH3 is 1. The summed E-state index contributed by atoms with van der Waals surface area (Å²) in [5, 5.41) is 0. The number of ether oxygens (including phenoxy) is 1. The molecular weight excluding hydrogens is 364 g/mol. The number of hydrogen-bond donors (Lipinski definition) is 0. The Balaban J connectivity index is 1.55. The fraction of sp³-hybridized carbons (Fsp3) is 0.304. The number of amides is 1. The van der Waals surface area contributed by atoms with Gasteiger partial charge in [0.05, 0.1) is 24.9 Å².